The monoisotopic (exact) mass is 420 g/mol. The van der Waals surface area contributed by atoms with Gasteiger partial charge in [0.05, 0.1) is 30.0 Å². The van der Waals surface area contributed by atoms with Gasteiger partial charge in [-0.3, -0.25) is 9.78 Å². The van der Waals surface area contributed by atoms with Gasteiger partial charge in [0.1, 0.15) is 5.82 Å². The Morgan fingerprint density at radius 1 is 1.18 bits per heavy atom. The normalized spacial score (nSPS) is 14.0. The quantitative estimate of drug-likeness (QED) is 0.592. The van der Waals surface area contributed by atoms with Crippen LogP contribution in [-0.2, 0) is 4.74 Å². The highest BCUT2D eigenvalue weighted by Gasteiger charge is 2.27. The Morgan fingerprint density at radius 2 is 1.89 bits per heavy atom. The number of amides is 1. The number of carbonyl (C=O) groups excluding carboxylic acids is 1. The zero-order chi connectivity index (χ0) is 19.0. The first-order chi connectivity index (χ1) is 13.1. The van der Waals surface area contributed by atoms with Crippen LogP contribution in [0.2, 0.25) is 5.02 Å². The molecular weight excluding hydrogens is 402 g/mol. The number of benzene rings is 2. The fraction of sp³-hybridized carbons (Fsp3) is 0.238. The van der Waals surface area contributed by atoms with E-state index in [-0.39, 0.29) is 24.1 Å². The van der Waals surface area contributed by atoms with Crippen molar-refractivity contribution in [1.82, 2.24) is 9.88 Å². The molecule has 0 bridgehead atoms. The molecule has 0 saturated carbocycles. The maximum Gasteiger partial charge on any atom is 0.256 e. The molecule has 7 heteroatoms. The lowest BCUT2D eigenvalue weighted by atomic mass is 9.93. The molecule has 3 aromatic rings. The number of ether oxygens (including phenoxy) is 1. The molecule has 0 spiro atoms. The number of rotatable bonds is 2. The highest BCUT2D eigenvalue weighted by Crippen LogP contribution is 2.36. The van der Waals surface area contributed by atoms with Crippen LogP contribution < -0.4 is 0 Å². The zero-order valence-electron chi connectivity index (χ0n) is 15.2. The maximum atomic E-state index is 14.7. The number of aromatic nitrogens is 1. The van der Waals surface area contributed by atoms with Crippen LogP contribution in [0.15, 0.2) is 42.5 Å². The standard InChI is InChI=1S/C21H18ClFN2O2.ClH/c1-13-19(21(26)25-8-10-27-11-9-25)20(15-4-2-3-5-17(15)23)16-12-14(22)6-7-18(16)24-13;/h2-7,12H,8-11H2,1H3;1H. The Bertz CT molecular complexity index is 1040. The Morgan fingerprint density at radius 3 is 2.61 bits per heavy atom. The van der Waals surface area contributed by atoms with Gasteiger partial charge in [0.2, 0.25) is 0 Å². The van der Waals surface area contributed by atoms with Crippen LogP contribution in [0.4, 0.5) is 4.39 Å². The lowest BCUT2D eigenvalue weighted by Crippen LogP contribution is -2.41. The highest BCUT2D eigenvalue weighted by atomic mass is 35.5. The van der Waals surface area contributed by atoms with E-state index in [1.165, 1.54) is 6.07 Å². The minimum Gasteiger partial charge on any atom is -0.378 e. The molecule has 2 aromatic carbocycles. The smallest absolute Gasteiger partial charge is 0.256 e. The lowest BCUT2D eigenvalue weighted by Gasteiger charge is -2.28. The van der Waals surface area contributed by atoms with Crippen LogP contribution in [0.25, 0.3) is 22.0 Å². The first kappa shape index (κ1) is 20.5. The molecule has 1 amide bonds. The van der Waals surface area contributed by atoms with Crippen molar-refractivity contribution in [3.05, 3.63) is 64.6 Å². The van der Waals surface area contributed by atoms with E-state index in [1.54, 1.807) is 48.2 Å². The summed E-state index contributed by atoms with van der Waals surface area (Å²) in [5, 5.41) is 1.17. The predicted molar refractivity (Wildman–Crippen MR) is 111 cm³/mol. The summed E-state index contributed by atoms with van der Waals surface area (Å²) in [5.74, 6) is -0.552. The number of hydrogen-bond donors (Lipinski definition) is 0. The van der Waals surface area contributed by atoms with Gasteiger partial charge in [-0.05, 0) is 31.2 Å². The number of morpholine rings is 1. The summed E-state index contributed by atoms with van der Waals surface area (Å²) >= 11 is 6.20. The largest absolute Gasteiger partial charge is 0.378 e. The number of carbonyl (C=O) groups is 1. The minimum absolute atomic E-state index is 0. The van der Waals surface area contributed by atoms with Crippen LogP contribution in [-0.4, -0.2) is 42.1 Å². The molecular formula is C21H19Cl2FN2O2. The number of fused-ring (bicyclic) bond motifs is 1. The molecule has 2 heterocycles. The van der Waals surface area contributed by atoms with E-state index in [2.05, 4.69) is 4.98 Å². The molecule has 0 atom stereocenters. The summed E-state index contributed by atoms with van der Waals surface area (Å²) in [6, 6.07) is 11.7. The number of halogens is 3. The van der Waals surface area contributed by atoms with Crippen LogP contribution in [0.5, 0.6) is 0 Å². The van der Waals surface area contributed by atoms with E-state index in [4.69, 9.17) is 16.3 Å². The fourth-order valence-electron chi connectivity index (χ4n) is 3.49. The van der Waals surface area contributed by atoms with Crippen LogP contribution in [0, 0.1) is 12.7 Å². The number of aryl methyl sites for hydroxylation is 1. The summed E-state index contributed by atoms with van der Waals surface area (Å²) in [6.45, 7) is 3.77. The minimum atomic E-state index is -0.389. The number of pyridine rings is 1. The van der Waals surface area contributed by atoms with E-state index < -0.39 is 0 Å². The third-order valence-corrected chi connectivity index (χ3v) is 5.02. The van der Waals surface area contributed by atoms with Gasteiger partial charge in [0.25, 0.3) is 5.91 Å². The molecule has 1 aliphatic rings. The highest BCUT2D eigenvalue weighted by molar-refractivity contribution is 6.31. The summed E-state index contributed by atoms with van der Waals surface area (Å²) in [5.41, 5.74) is 2.56. The molecule has 1 aromatic heterocycles. The van der Waals surface area contributed by atoms with Crippen LogP contribution >= 0.6 is 24.0 Å². The molecule has 0 radical (unpaired) electrons. The average Bonchev–Trinajstić information content (AvgIpc) is 2.68. The Kier molecular flexibility index (Phi) is 6.18. The van der Waals surface area contributed by atoms with E-state index in [1.807, 2.05) is 0 Å². The molecule has 4 rings (SSSR count). The number of hydrogen-bond acceptors (Lipinski definition) is 3. The molecule has 0 aliphatic carbocycles. The summed E-state index contributed by atoms with van der Waals surface area (Å²) in [6.07, 6.45) is 0. The van der Waals surface area contributed by atoms with Crippen molar-refractivity contribution in [2.24, 2.45) is 0 Å². The Hall–Kier alpha value is -2.21. The summed E-state index contributed by atoms with van der Waals surface area (Å²) in [4.78, 5) is 19.6. The molecule has 146 valence electrons. The van der Waals surface area contributed by atoms with Crippen molar-refractivity contribution in [3.8, 4) is 11.1 Å². The first-order valence-electron chi connectivity index (χ1n) is 8.78. The molecule has 0 unspecified atom stereocenters. The molecule has 0 N–H and O–H groups in total. The van der Waals surface area contributed by atoms with E-state index in [9.17, 15) is 9.18 Å². The molecule has 4 nitrogen and oxygen atoms in total. The average molecular weight is 421 g/mol. The van der Waals surface area contributed by atoms with Gasteiger partial charge in [0.15, 0.2) is 0 Å². The second-order valence-electron chi connectivity index (χ2n) is 6.49. The Balaban J connectivity index is 0.00000225. The van der Waals surface area contributed by atoms with Gasteiger partial charge in [-0.2, -0.15) is 0 Å². The second kappa shape index (κ2) is 8.43. The van der Waals surface area contributed by atoms with Gasteiger partial charge in [0, 0.05) is 34.6 Å². The second-order valence-corrected chi connectivity index (χ2v) is 6.93. The Labute approximate surface area is 173 Å². The van der Waals surface area contributed by atoms with Crippen molar-refractivity contribution >= 4 is 40.8 Å². The van der Waals surface area contributed by atoms with Gasteiger partial charge >= 0.3 is 0 Å². The third kappa shape index (κ3) is 3.70. The summed E-state index contributed by atoms with van der Waals surface area (Å²) in [7, 11) is 0. The van der Waals surface area contributed by atoms with E-state index >= 15 is 0 Å². The maximum absolute atomic E-state index is 14.7. The lowest BCUT2D eigenvalue weighted by molar-refractivity contribution is 0.0302. The molecule has 28 heavy (non-hydrogen) atoms. The van der Waals surface area contributed by atoms with Gasteiger partial charge in [-0.1, -0.05) is 29.8 Å². The fourth-order valence-corrected chi connectivity index (χ4v) is 3.66. The van der Waals surface area contributed by atoms with Crippen LogP contribution in [0.1, 0.15) is 16.1 Å². The third-order valence-electron chi connectivity index (χ3n) is 4.78. The van der Waals surface area contributed by atoms with Gasteiger partial charge in [-0.15, -0.1) is 12.4 Å². The van der Waals surface area contributed by atoms with Crippen molar-refractivity contribution in [2.75, 3.05) is 26.3 Å². The molecule has 1 fully saturated rings. The van der Waals surface area contributed by atoms with Crippen molar-refractivity contribution in [1.29, 1.82) is 0 Å². The van der Waals surface area contributed by atoms with Crippen LogP contribution in [0.3, 0.4) is 0 Å². The van der Waals surface area contributed by atoms with Gasteiger partial charge in [-0.25, -0.2) is 4.39 Å². The van der Waals surface area contributed by atoms with E-state index in [0.29, 0.717) is 64.6 Å². The summed E-state index contributed by atoms with van der Waals surface area (Å²) < 4.78 is 20.1. The van der Waals surface area contributed by atoms with Crippen molar-refractivity contribution < 1.29 is 13.9 Å². The molecule has 1 saturated heterocycles. The molecule has 1 aliphatic heterocycles. The topological polar surface area (TPSA) is 42.4 Å². The SMILES string of the molecule is Cc1nc2ccc(Cl)cc2c(-c2ccccc2F)c1C(=O)N1CCOCC1.Cl. The number of nitrogens with zero attached hydrogens (tertiary/aromatic N) is 2. The predicted octanol–water partition coefficient (Wildman–Crippen LogP) is 4.90. The van der Waals surface area contributed by atoms with E-state index in [0.717, 1.165) is 0 Å². The zero-order valence-corrected chi connectivity index (χ0v) is 16.8. The van der Waals surface area contributed by atoms with Crippen molar-refractivity contribution in [2.45, 2.75) is 6.92 Å². The van der Waals surface area contributed by atoms with Crippen molar-refractivity contribution in [3.63, 3.8) is 0 Å². The first-order valence-corrected chi connectivity index (χ1v) is 9.16. The van der Waals surface area contributed by atoms with Gasteiger partial charge < -0.3 is 9.64 Å².